The van der Waals surface area contributed by atoms with E-state index in [1.54, 1.807) is 42.7 Å². The van der Waals surface area contributed by atoms with Gasteiger partial charge in [-0.1, -0.05) is 50.6 Å². The van der Waals surface area contributed by atoms with Gasteiger partial charge in [-0.15, -0.1) is 0 Å². The minimum atomic E-state index is -1.32. The predicted molar refractivity (Wildman–Crippen MR) is 373 cm³/mol. The van der Waals surface area contributed by atoms with Gasteiger partial charge >= 0.3 is 12.1 Å². The Morgan fingerprint density at radius 3 is 1.93 bits per heavy atom. The molecule has 3 rings (SSSR count). The number of ketones is 6. The van der Waals surface area contributed by atoms with Crippen LogP contribution in [0.5, 0.6) is 0 Å². The average Bonchev–Trinajstić information content (AvgIpc) is 0.883. The largest absolute Gasteiger partial charge is 0.481 e. The third kappa shape index (κ3) is 38.0. The van der Waals surface area contributed by atoms with Crippen molar-refractivity contribution in [1.29, 1.82) is 0 Å². The van der Waals surface area contributed by atoms with Gasteiger partial charge in [0.25, 0.3) is 0 Å². The molecule has 0 spiro atoms. The highest BCUT2D eigenvalue weighted by molar-refractivity contribution is 5.96. The third-order valence-electron chi connectivity index (χ3n) is 16.4. The number of aliphatic carboxylic acids is 1. The van der Waals surface area contributed by atoms with Crippen molar-refractivity contribution in [2.45, 2.75) is 194 Å². The van der Waals surface area contributed by atoms with E-state index in [4.69, 9.17) is 31.4 Å². The quantitative estimate of drug-likeness (QED) is 0.0203. The first-order chi connectivity index (χ1) is 47.9. The lowest BCUT2D eigenvalue weighted by Gasteiger charge is -2.25. The molecule has 28 heteroatoms. The maximum Gasteiger partial charge on any atom is 0.408 e. The van der Waals surface area contributed by atoms with E-state index in [2.05, 4.69) is 41.5 Å². The highest BCUT2D eigenvalue weighted by Crippen LogP contribution is 2.22. The molecule has 0 fully saturated rings. The minimum absolute atomic E-state index is 0.000139. The van der Waals surface area contributed by atoms with Crippen LogP contribution in [0.2, 0.25) is 0 Å². The van der Waals surface area contributed by atoms with Crippen molar-refractivity contribution in [1.82, 2.24) is 36.6 Å². The summed E-state index contributed by atoms with van der Waals surface area (Å²) in [5.41, 5.74) is 21.0. The molecule has 100 heavy (non-hydrogen) atoms. The SMILES string of the molecule is CC(=O)[C@H](CCCCNC(=O)CCCc1ccnc(-c2cc(C)ccn2)c1)CC(=O)CCCC(=O)[C@H](CCC(=O)O)NC(=O)COCCOCCCC(=O)CNC(=O)[C@@H](CC(=O)[C@H](CCCCN)NC(=O)[C@H](CO)CC(=O)[C@H](CCCN=C(N)N)NC(=O)OCc1ccccc1)CC(C)C. The van der Waals surface area contributed by atoms with E-state index in [0.717, 1.165) is 22.5 Å². The van der Waals surface area contributed by atoms with Crippen molar-refractivity contribution in [3.63, 3.8) is 0 Å². The van der Waals surface area contributed by atoms with Crippen molar-refractivity contribution in [2.75, 3.05) is 59.2 Å². The Morgan fingerprint density at radius 1 is 0.590 bits per heavy atom. The molecule has 6 atom stereocenters. The van der Waals surface area contributed by atoms with Gasteiger partial charge in [0.05, 0.1) is 61.8 Å². The van der Waals surface area contributed by atoms with E-state index in [-0.39, 0.29) is 152 Å². The van der Waals surface area contributed by atoms with Crippen molar-refractivity contribution in [2.24, 2.45) is 45.9 Å². The second kappa shape index (κ2) is 49.7. The number of benzene rings is 1. The summed E-state index contributed by atoms with van der Waals surface area (Å²) in [6.07, 6.45) is 6.61. The number of nitrogens with one attached hydrogen (secondary N) is 5. The summed E-state index contributed by atoms with van der Waals surface area (Å²) in [7, 11) is 0. The van der Waals surface area contributed by atoms with Gasteiger partial charge in [-0.3, -0.25) is 67.7 Å². The molecule has 2 aromatic heterocycles. The number of alkyl carbamates (subject to hydrolysis) is 1. The molecule has 0 aliphatic rings. The number of Topliss-reactive ketones (excluding diaryl/α,β-unsaturated/α-hetero) is 6. The zero-order valence-electron chi connectivity index (χ0n) is 58.6. The summed E-state index contributed by atoms with van der Waals surface area (Å²) < 4.78 is 16.3. The number of nitrogens with zero attached hydrogens (tertiary/aromatic N) is 3. The zero-order valence-corrected chi connectivity index (χ0v) is 58.6. The van der Waals surface area contributed by atoms with E-state index in [1.165, 1.54) is 6.92 Å². The molecule has 0 bridgehead atoms. The van der Waals surface area contributed by atoms with E-state index in [1.807, 2.05) is 45.0 Å². The van der Waals surface area contributed by atoms with Gasteiger partial charge in [0.1, 0.15) is 24.8 Å². The number of carbonyl (C=O) groups excluding carboxylic acids is 11. The number of aliphatic imine (C=N–C) groups is 1. The molecule has 552 valence electrons. The van der Waals surface area contributed by atoms with Crippen LogP contribution in [-0.4, -0.2) is 174 Å². The number of aliphatic hydroxyl groups excluding tert-OH is 1. The fourth-order valence-corrected chi connectivity index (χ4v) is 10.9. The Bertz CT molecular complexity index is 3110. The van der Waals surface area contributed by atoms with Gasteiger partial charge in [-0.2, -0.15) is 0 Å². The molecule has 5 amide bonds. The van der Waals surface area contributed by atoms with Gasteiger partial charge in [-0.25, -0.2) is 4.79 Å². The number of amides is 5. The number of aromatic nitrogens is 2. The fourth-order valence-electron chi connectivity index (χ4n) is 10.9. The maximum atomic E-state index is 14.0. The summed E-state index contributed by atoms with van der Waals surface area (Å²) in [5.74, 6) is -8.37. The van der Waals surface area contributed by atoms with Crippen LogP contribution in [0.15, 0.2) is 72.0 Å². The lowest BCUT2D eigenvalue weighted by Crippen LogP contribution is -2.48. The van der Waals surface area contributed by atoms with Gasteiger partial charge in [-0.05, 0) is 151 Å². The molecule has 1 aromatic carbocycles. The zero-order chi connectivity index (χ0) is 73.6. The maximum absolute atomic E-state index is 14.0. The topological polar surface area (TPSA) is 449 Å². The molecule has 28 nitrogen and oxygen atoms in total. The van der Waals surface area contributed by atoms with Crippen molar-refractivity contribution >= 4 is 76.4 Å². The van der Waals surface area contributed by atoms with E-state index in [0.29, 0.717) is 70.0 Å². The van der Waals surface area contributed by atoms with Crippen molar-refractivity contribution < 1.29 is 82.0 Å². The van der Waals surface area contributed by atoms with Crippen LogP contribution in [0.25, 0.3) is 11.4 Å². The highest BCUT2D eigenvalue weighted by Gasteiger charge is 2.33. The highest BCUT2D eigenvalue weighted by atomic mass is 16.5. The molecule has 0 aliphatic heterocycles. The Kier molecular flexibility index (Phi) is 42.5. The molecular weight excluding hydrogens is 1290 g/mol. The normalized spacial score (nSPS) is 12.9. The second-order valence-electron chi connectivity index (χ2n) is 25.5. The molecule has 0 saturated heterocycles. The van der Waals surface area contributed by atoms with Crippen LogP contribution in [0.4, 0.5) is 4.79 Å². The van der Waals surface area contributed by atoms with Crippen LogP contribution in [-0.2, 0) is 80.0 Å². The van der Waals surface area contributed by atoms with E-state index < -0.39 is 109 Å². The first-order valence-electron chi connectivity index (χ1n) is 34.7. The van der Waals surface area contributed by atoms with Crippen LogP contribution in [0, 0.1) is 30.6 Å². The summed E-state index contributed by atoms with van der Waals surface area (Å²) in [5, 5.41) is 33.0. The molecule has 13 N–H and O–H groups in total. The number of aliphatic hydroxyl groups is 1. The van der Waals surface area contributed by atoms with Crippen molar-refractivity contribution in [3.8, 4) is 11.4 Å². The van der Waals surface area contributed by atoms with E-state index >= 15 is 0 Å². The number of carbonyl (C=O) groups is 12. The third-order valence-corrected chi connectivity index (χ3v) is 16.4. The Morgan fingerprint density at radius 2 is 1.25 bits per heavy atom. The van der Waals surface area contributed by atoms with Crippen LogP contribution in [0.3, 0.4) is 0 Å². The molecular formula is C72H107N11O17. The fraction of sp³-hybridized carbons (Fsp3) is 0.597. The molecule has 0 unspecified atom stereocenters. The first-order valence-corrected chi connectivity index (χ1v) is 34.7. The summed E-state index contributed by atoms with van der Waals surface area (Å²) in [6.45, 7) is 6.50. The Labute approximate surface area is 586 Å². The van der Waals surface area contributed by atoms with Gasteiger partial charge in [0.15, 0.2) is 29.1 Å². The molecule has 2 heterocycles. The number of carboxylic acids is 1. The monoisotopic (exact) mass is 1400 g/mol. The number of aryl methyl sites for hydroxylation is 2. The number of hydrogen-bond donors (Lipinski definition) is 10. The Balaban J connectivity index is 1.37. The van der Waals surface area contributed by atoms with E-state index in [9.17, 15) is 67.7 Å². The predicted octanol–water partition coefficient (Wildman–Crippen LogP) is 4.96. The summed E-state index contributed by atoms with van der Waals surface area (Å²) in [4.78, 5) is 169. The van der Waals surface area contributed by atoms with Crippen LogP contribution in [0.1, 0.15) is 172 Å². The average molecular weight is 1400 g/mol. The van der Waals surface area contributed by atoms with Gasteiger partial charge < -0.3 is 68.2 Å². The van der Waals surface area contributed by atoms with Gasteiger partial charge in [0, 0.05) is 95.3 Å². The molecule has 0 aliphatic carbocycles. The first kappa shape index (κ1) is 85.5. The summed E-state index contributed by atoms with van der Waals surface area (Å²) >= 11 is 0. The number of rotatable bonds is 56. The lowest BCUT2D eigenvalue weighted by atomic mass is 9.88. The lowest BCUT2D eigenvalue weighted by molar-refractivity contribution is -0.138. The number of hydrogen-bond acceptors (Lipinski definition) is 20. The Hall–Kier alpha value is -8.73. The number of unbranched alkanes of at least 4 members (excludes halogenated alkanes) is 2. The molecule has 3 aromatic rings. The number of ether oxygens (including phenoxy) is 3. The number of nitrogens with two attached hydrogens (primary N) is 3. The standard InChI is InChI=1S/C72H107N11O17/c1-48(2)38-54(42-64(89)58(22-8-10-30-73)82-70(96)55(45-84)43-65(90)59(23-14-32-79-71(74)75)83-72(97)100-46-52-16-6-5-7-17-52)69(95)80-44-57(87)21-15-35-98-36-37-99-47-67(92)81-60(26-27-68(93)94)63(88)24-13-20-56(86)41-53(50(4)85)19-9-11-31-78-66(91)25-12-18-51-29-34-77-62(40-51)61-39-49(3)28-33-76-61/h5-7,16-17,28-29,33-34,39-40,48,53-55,58-60,84H,8-15,18-27,30-32,35-38,41-47,73H2,1-4H3,(H,78,91)(H,80,95)(H,81,92)(H,82,96)(H,83,97)(H,93,94)(H4,74,75,79)/t53-,54-,55+,58+,59+,60+/m1/s1. The number of pyridine rings is 2. The second-order valence-corrected chi connectivity index (χ2v) is 25.5. The smallest absolute Gasteiger partial charge is 0.408 e. The number of guanidine groups is 1. The van der Waals surface area contributed by atoms with Gasteiger partial charge in [0.2, 0.25) is 23.6 Å². The molecule has 0 saturated carbocycles. The van der Waals surface area contributed by atoms with Crippen LogP contribution < -0.4 is 43.8 Å². The van der Waals surface area contributed by atoms with Crippen LogP contribution >= 0.6 is 0 Å². The number of carboxylic acid groups (broad SMARTS) is 1. The minimum Gasteiger partial charge on any atom is -0.481 e. The molecule has 0 radical (unpaired) electrons. The summed E-state index contributed by atoms with van der Waals surface area (Å²) in [6, 6.07) is 13.3. The van der Waals surface area contributed by atoms with Crippen molar-refractivity contribution in [3.05, 3.63) is 83.7 Å².